The van der Waals surface area contributed by atoms with Crippen molar-refractivity contribution in [3.05, 3.63) is 104 Å². The first-order chi connectivity index (χ1) is 12.4. The van der Waals surface area contributed by atoms with E-state index in [1.54, 1.807) is 0 Å². The van der Waals surface area contributed by atoms with E-state index >= 15 is 0 Å². The molecule has 0 amide bonds. The monoisotopic (exact) mass is 345 g/mol. The standard InChI is InChI=1S/C24H26P/c1-2-3-4-14-21-25(22-15-8-5-9-16-22,23-17-10-6-11-18-23)24-19-12-7-13-20-24/h2,5-13,15-20H,1,3-4,14,21H2/q+1. The van der Waals surface area contributed by atoms with Gasteiger partial charge in [0.2, 0.25) is 0 Å². The highest BCUT2D eigenvalue weighted by molar-refractivity contribution is 7.95. The largest absolute Gasteiger partial charge is 0.112 e. The molecule has 0 aliphatic carbocycles. The molecule has 0 aliphatic rings. The van der Waals surface area contributed by atoms with Crippen LogP contribution in [0.5, 0.6) is 0 Å². The Morgan fingerprint density at radius 3 is 1.36 bits per heavy atom. The third-order valence-electron chi connectivity index (χ3n) is 4.74. The molecule has 0 nitrogen and oxygen atoms in total. The van der Waals surface area contributed by atoms with Crippen LogP contribution in [0.3, 0.4) is 0 Å². The van der Waals surface area contributed by atoms with Crippen molar-refractivity contribution in [3.8, 4) is 0 Å². The zero-order valence-corrected chi connectivity index (χ0v) is 15.6. The van der Waals surface area contributed by atoms with Crippen molar-refractivity contribution >= 4 is 23.2 Å². The zero-order chi connectivity index (χ0) is 17.4. The average molecular weight is 345 g/mol. The van der Waals surface area contributed by atoms with E-state index < -0.39 is 7.26 Å². The molecular weight excluding hydrogens is 319 g/mol. The lowest BCUT2D eigenvalue weighted by atomic mass is 10.2. The summed E-state index contributed by atoms with van der Waals surface area (Å²) < 4.78 is 0. The molecule has 1 heteroatoms. The molecule has 3 rings (SSSR count). The maximum Gasteiger partial charge on any atom is 0.112 e. The maximum atomic E-state index is 3.88. The van der Waals surface area contributed by atoms with Gasteiger partial charge >= 0.3 is 0 Å². The molecule has 0 N–H and O–H groups in total. The van der Waals surface area contributed by atoms with E-state index in [0.29, 0.717) is 0 Å². The summed E-state index contributed by atoms with van der Waals surface area (Å²) in [6.07, 6.45) is 6.77. The van der Waals surface area contributed by atoms with Gasteiger partial charge in [-0.05, 0) is 55.7 Å². The highest BCUT2D eigenvalue weighted by atomic mass is 31.2. The Hall–Kier alpha value is -2.17. The molecule has 0 atom stereocenters. The molecule has 0 unspecified atom stereocenters. The molecule has 0 bridgehead atoms. The lowest BCUT2D eigenvalue weighted by Gasteiger charge is -2.27. The summed E-state index contributed by atoms with van der Waals surface area (Å²) in [5.74, 6) is 0. The van der Waals surface area contributed by atoms with E-state index in [0.717, 1.165) is 6.42 Å². The second kappa shape index (κ2) is 8.79. The van der Waals surface area contributed by atoms with Crippen molar-refractivity contribution < 1.29 is 0 Å². The van der Waals surface area contributed by atoms with Crippen molar-refractivity contribution in [2.75, 3.05) is 6.16 Å². The topological polar surface area (TPSA) is 0 Å². The normalized spacial score (nSPS) is 11.2. The van der Waals surface area contributed by atoms with Gasteiger partial charge in [0.15, 0.2) is 0 Å². The third kappa shape index (κ3) is 3.91. The maximum absolute atomic E-state index is 3.88. The van der Waals surface area contributed by atoms with Gasteiger partial charge in [-0.1, -0.05) is 60.7 Å². The molecule has 0 aliphatic heterocycles. The Labute approximate surface area is 152 Å². The lowest BCUT2D eigenvalue weighted by molar-refractivity contribution is 0.821. The Balaban J connectivity index is 2.15. The second-order valence-corrected chi connectivity index (χ2v) is 9.94. The molecule has 0 saturated carbocycles. The van der Waals surface area contributed by atoms with Crippen LogP contribution in [0, 0.1) is 0 Å². The molecule has 0 spiro atoms. The Morgan fingerprint density at radius 1 is 0.600 bits per heavy atom. The number of hydrogen-bond acceptors (Lipinski definition) is 0. The predicted molar refractivity (Wildman–Crippen MR) is 114 cm³/mol. The van der Waals surface area contributed by atoms with Gasteiger partial charge in [0, 0.05) is 0 Å². The van der Waals surface area contributed by atoms with E-state index in [1.165, 1.54) is 34.9 Å². The minimum Gasteiger partial charge on any atom is -0.103 e. The second-order valence-electron chi connectivity index (χ2n) is 6.32. The molecule has 0 aromatic heterocycles. The quantitative estimate of drug-likeness (QED) is 0.294. The SMILES string of the molecule is C=CCCCC[P+](c1ccccc1)(c1ccccc1)c1ccccc1. The Bertz CT molecular complexity index is 666. The van der Waals surface area contributed by atoms with E-state index in [4.69, 9.17) is 0 Å². The summed E-state index contributed by atoms with van der Waals surface area (Å²) in [5, 5.41) is 4.43. The van der Waals surface area contributed by atoms with Crippen LogP contribution in [0.1, 0.15) is 19.3 Å². The van der Waals surface area contributed by atoms with Gasteiger partial charge in [-0.2, -0.15) is 0 Å². The smallest absolute Gasteiger partial charge is 0.103 e. The van der Waals surface area contributed by atoms with Crippen molar-refractivity contribution in [1.29, 1.82) is 0 Å². The summed E-state index contributed by atoms with van der Waals surface area (Å²) in [6, 6.07) is 33.4. The minimum absolute atomic E-state index is 1.10. The lowest BCUT2D eigenvalue weighted by Crippen LogP contribution is -2.33. The fraction of sp³-hybridized carbons (Fsp3) is 0.167. The molecule has 0 saturated heterocycles. The van der Waals surface area contributed by atoms with E-state index in [1.807, 2.05) is 6.08 Å². The van der Waals surface area contributed by atoms with Crippen LogP contribution in [-0.4, -0.2) is 6.16 Å². The highest BCUT2D eigenvalue weighted by Gasteiger charge is 2.44. The Kier molecular flexibility index (Phi) is 6.20. The molecule has 3 aromatic carbocycles. The number of rotatable bonds is 8. The first kappa shape index (κ1) is 17.6. The molecule has 3 aromatic rings. The zero-order valence-electron chi connectivity index (χ0n) is 14.7. The summed E-state index contributed by atoms with van der Waals surface area (Å²) in [5.41, 5.74) is 0. The van der Waals surface area contributed by atoms with Gasteiger partial charge in [0.1, 0.15) is 23.2 Å². The Morgan fingerprint density at radius 2 is 1.00 bits per heavy atom. The summed E-state index contributed by atoms with van der Waals surface area (Å²) in [7, 11) is -1.63. The number of allylic oxidation sites excluding steroid dienone is 1. The number of unbranched alkanes of at least 4 members (excludes halogenated alkanes) is 2. The first-order valence-electron chi connectivity index (χ1n) is 9.04. The minimum atomic E-state index is -1.63. The van der Waals surface area contributed by atoms with E-state index in [9.17, 15) is 0 Å². The molecular formula is C24H26P+. The fourth-order valence-electron chi connectivity index (χ4n) is 3.52. The van der Waals surface area contributed by atoms with Crippen LogP contribution in [0.4, 0.5) is 0 Å². The first-order valence-corrected chi connectivity index (χ1v) is 11.0. The van der Waals surface area contributed by atoms with Gasteiger partial charge in [-0.25, -0.2) is 0 Å². The highest BCUT2D eigenvalue weighted by Crippen LogP contribution is 2.55. The summed E-state index contributed by atoms with van der Waals surface area (Å²) in [4.78, 5) is 0. The van der Waals surface area contributed by atoms with E-state index in [2.05, 4.69) is 97.6 Å². The molecule has 25 heavy (non-hydrogen) atoms. The van der Waals surface area contributed by atoms with Crippen LogP contribution in [-0.2, 0) is 0 Å². The van der Waals surface area contributed by atoms with Crippen molar-refractivity contribution in [3.63, 3.8) is 0 Å². The average Bonchev–Trinajstić information content (AvgIpc) is 2.70. The van der Waals surface area contributed by atoms with Crippen LogP contribution in [0.25, 0.3) is 0 Å². The fourth-order valence-corrected chi connectivity index (χ4v) is 7.93. The van der Waals surface area contributed by atoms with Crippen LogP contribution >= 0.6 is 7.26 Å². The number of hydrogen-bond donors (Lipinski definition) is 0. The van der Waals surface area contributed by atoms with Crippen molar-refractivity contribution in [2.45, 2.75) is 19.3 Å². The van der Waals surface area contributed by atoms with Gasteiger partial charge < -0.3 is 0 Å². The molecule has 0 heterocycles. The number of benzene rings is 3. The van der Waals surface area contributed by atoms with Gasteiger partial charge in [-0.15, -0.1) is 6.58 Å². The van der Waals surface area contributed by atoms with Crippen LogP contribution in [0.15, 0.2) is 104 Å². The van der Waals surface area contributed by atoms with Crippen molar-refractivity contribution in [1.82, 2.24) is 0 Å². The molecule has 0 fully saturated rings. The third-order valence-corrected chi connectivity index (χ3v) is 9.27. The van der Waals surface area contributed by atoms with Crippen molar-refractivity contribution in [2.24, 2.45) is 0 Å². The van der Waals surface area contributed by atoms with Crippen LogP contribution < -0.4 is 15.9 Å². The van der Waals surface area contributed by atoms with E-state index in [-0.39, 0.29) is 0 Å². The van der Waals surface area contributed by atoms with Gasteiger partial charge in [-0.3, -0.25) is 0 Å². The molecule has 126 valence electrons. The van der Waals surface area contributed by atoms with Crippen LogP contribution in [0.2, 0.25) is 0 Å². The van der Waals surface area contributed by atoms with Gasteiger partial charge in [0.05, 0.1) is 6.16 Å². The van der Waals surface area contributed by atoms with Gasteiger partial charge in [0.25, 0.3) is 0 Å². The molecule has 0 radical (unpaired) electrons. The summed E-state index contributed by atoms with van der Waals surface area (Å²) in [6.45, 7) is 3.88. The predicted octanol–water partition coefficient (Wildman–Crippen LogP) is 5.34. The summed E-state index contributed by atoms with van der Waals surface area (Å²) >= 11 is 0.